The van der Waals surface area contributed by atoms with Crippen LogP contribution in [0.5, 0.6) is 0 Å². The van der Waals surface area contributed by atoms with Crippen molar-refractivity contribution in [2.24, 2.45) is 7.05 Å². The second-order valence-corrected chi connectivity index (χ2v) is 6.67. The van der Waals surface area contributed by atoms with E-state index in [0.29, 0.717) is 12.0 Å². The number of pyridine rings is 1. The Hall–Kier alpha value is -2.96. The Morgan fingerprint density at radius 3 is 2.84 bits per heavy atom. The first-order valence-electron chi connectivity index (χ1n) is 8.60. The lowest BCUT2D eigenvalue weighted by Gasteiger charge is -2.26. The molecule has 1 aliphatic carbocycles. The molecular formula is C18H19N7. The van der Waals surface area contributed by atoms with Gasteiger partial charge in [-0.3, -0.25) is 0 Å². The zero-order valence-corrected chi connectivity index (χ0v) is 14.3. The van der Waals surface area contributed by atoms with E-state index in [2.05, 4.69) is 20.4 Å². The minimum atomic E-state index is 0.518. The number of hydrogen-bond donors (Lipinski definition) is 1. The molecule has 0 amide bonds. The maximum absolute atomic E-state index is 4.80. The molecule has 0 aliphatic heterocycles. The van der Waals surface area contributed by atoms with Crippen LogP contribution in [0.25, 0.3) is 27.9 Å². The maximum atomic E-state index is 4.80. The summed E-state index contributed by atoms with van der Waals surface area (Å²) in [5.41, 5.74) is 4.68. The van der Waals surface area contributed by atoms with E-state index in [-0.39, 0.29) is 0 Å². The number of hydrogen-bond acceptors (Lipinski definition) is 5. The zero-order valence-electron chi connectivity index (χ0n) is 14.3. The van der Waals surface area contributed by atoms with Crippen LogP contribution in [-0.2, 0) is 7.05 Å². The van der Waals surface area contributed by atoms with Gasteiger partial charge in [0.1, 0.15) is 11.3 Å². The van der Waals surface area contributed by atoms with Crippen LogP contribution in [0.4, 0.5) is 5.95 Å². The Balaban J connectivity index is 1.57. The number of rotatable bonds is 3. The Kier molecular flexibility index (Phi) is 3.03. The molecule has 0 atom stereocenters. The van der Waals surface area contributed by atoms with E-state index in [0.717, 1.165) is 33.8 Å². The first-order valence-corrected chi connectivity index (χ1v) is 8.60. The second-order valence-electron chi connectivity index (χ2n) is 6.67. The molecule has 0 spiro atoms. The van der Waals surface area contributed by atoms with Crippen molar-refractivity contribution in [2.75, 3.05) is 5.32 Å². The summed E-state index contributed by atoms with van der Waals surface area (Å²) in [4.78, 5) is 13.8. The van der Waals surface area contributed by atoms with Gasteiger partial charge in [-0.15, -0.1) is 5.10 Å². The van der Waals surface area contributed by atoms with Gasteiger partial charge in [0.2, 0.25) is 5.95 Å². The Morgan fingerprint density at radius 2 is 2.04 bits per heavy atom. The quantitative estimate of drug-likeness (QED) is 0.624. The number of nitrogens with one attached hydrogen (secondary N) is 1. The smallest absolute Gasteiger partial charge is 0.241 e. The fourth-order valence-electron chi connectivity index (χ4n) is 3.25. The average Bonchev–Trinajstić information content (AvgIpc) is 3.12. The van der Waals surface area contributed by atoms with Gasteiger partial charge in [-0.2, -0.15) is 0 Å². The van der Waals surface area contributed by atoms with Crippen molar-refractivity contribution >= 4 is 22.6 Å². The molecule has 1 saturated carbocycles. The van der Waals surface area contributed by atoms with E-state index < -0.39 is 0 Å². The molecule has 5 rings (SSSR count). The number of imidazole rings is 1. The van der Waals surface area contributed by atoms with E-state index in [1.54, 1.807) is 0 Å². The van der Waals surface area contributed by atoms with Gasteiger partial charge in [0.05, 0.1) is 17.4 Å². The van der Waals surface area contributed by atoms with Crippen molar-refractivity contribution in [2.45, 2.75) is 32.2 Å². The summed E-state index contributed by atoms with van der Waals surface area (Å²) < 4.78 is 3.87. The summed E-state index contributed by atoms with van der Waals surface area (Å²) in [6, 6.07) is 6.57. The minimum absolute atomic E-state index is 0.518. The molecule has 1 N–H and O–H groups in total. The van der Waals surface area contributed by atoms with E-state index in [4.69, 9.17) is 4.98 Å². The van der Waals surface area contributed by atoms with Crippen LogP contribution < -0.4 is 5.32 Å². The van der Waals surface area contributed by atoms with Gasteiger partial charge in [0.25, 0.3) is 0 Å². The fraction of sp³-hybridized carbons (Fsp3) is 0.333. The molecule has 4 aromatic rings. The number of aryl methyl sites for hydroxylation is 2. The highest BCUT2D eigenvalue weighted by molar-refractivity contribution is 5.82. The number of anilines is 1. The van der Waals surface area contributed by atoms with Crippen molar-refractivity contribution in [1.82, 2.24) is 29.1 Å². The molecule has 0 bridgehead atoms. The van der Waals surface area contributed by atoms with Crippen molar-refractivity contribution in [3.63, 3.8) is 0 Å². The highest BCUT2D eigenvalue weighted by Crippen LogP contribution is 2.26. The Morgan fingerprint density at radius 1 is 1.16 bits per heavy atom. The van der Waals surface area contributed by atoms with Gasteiger partial charge in [-0.1, -0.05) is 0 Å². The van der Waals surface area contributed by atoms with E-state index in [9.17, 15) is 0 Å². The minimum Gasteiger partial charge on any atom is -0.350 e. The van der Waals surface area contributed by atoms with Crippen LogP contribution in [-0.4, -0.2) is 35.2 Å². The summed E-state index contributed by atoms with van der Waals surface area (Å²) in [5.74, 6) is 1.64. The normalized spacial score (nSPS) is 15.0. The highest BCUT2D eigenvalue weighted by atomic mass is 15.3. The molecule has 4 aromatic heterocycles. The van der Waals surface area contributed by atoms with Crippen LogP contribution >= 0.6 is 0 Å². The summed E-state index contributed by atoms with van der Waals surface area (Å²) in [7, 11) is 1.99. The third-order valence-electron chi connectivity index (χ3n) is 5.07. The predicted octanol–water partition coefficient (Wildman–Crippen LogP) is 2.95. The molecule has 0 saturated heterocycles. The average molecular weight is 333 g/mol. The Bertz CT molecular complexity index is 1090. The molecular weight excluding hydrogens is 314 g/mol. The van der Waals surface area contributed by atoms with E-state index in [1.807, 2.05) is 53.6 Å². The molecule has 0 aromatic carbocycles. The molecule has 7 nitrogen and oxygen atoms in total. The van der Waals surface area contributed by atoms with Crippen molar-refractivity contribution < 1.29 is 0 Å². The van der Waals surface area contributed by atoms with Crippen LogP contribution in [0.15, 0.2) is 30.6 Å². The summed E-state index contributed by atoms with van der Waals surface area (Å²) >= 11 is 0. The van der Waals surface area contributed by atoms with Crippen LogP contribution in [0.3, 0.4) is 0 Å². The van der Waals surface area contributed by atoms with Crippen molar-refractivity contribution in [3.8, 4) is 11.3 Å². The molecule has 126 valence electrons. The predicted molar refractivity (Wildman–Crippen MR) is 96.5 cm³/mol. The Labute approximate surface area is 144 Å². The number of aromatic nitrogens is 6. The third-order valence-corrected chi connectivity index (χ3v) is 5.07. The zero-order chi connectivity index (χ0) is 17.0. The lowest BCUT2D eigenvalue weighted by atomic mass is 9.93. The SMILES string of the molecule is Cc1nc2ccc(-c3ccn4nc(NC5CCC5)ncc34)nc2n1C. The van der Waals surface area contributed by atoms with Crippen molar-refractivity contribution in [1.29, 1.82) is 0 Å². The van der Waals surface area contributed by atoms with E-state index in [1.165, 1.54) is 19.3 Å². The fourth-order valence-corrected chi connectivity index (χ4v) is 3.25. The monoisotopic (exact) mass is 333 g/mol. The topological polar surface area (TPSA) is 72.9 Å². The third kappa shape index (κ3) is 2.26. The standard InChI is InChI=1S/C18H19N7/c1-11-20-15-7-6-14(22-17(15)24(11)2)13-8-9-25-16(13)10-19-18(23-25)21-12-4-3-5-12/h6-10,12H,3-5H2,1-2H3,(H,21,23). The second kappa shape index (κ2) is 5.27. The molecule has 1 fully saturated rings. The number of fused-ring (bicyclic) bond motifs is 2. The first-order chi connectivity index (χ1) is 12.2. The summed E-state index contributed by atoms with van der Waals surface area (Å²) in [6.07, 6.45) is 7.51. The molecule has 4 heterocycles. The molecule has 7 heteroatoms. The van der Waals surface area contributed by atoms with Crippen LogP contribution in [0, 0.1) is 6.92 Å². The van der Waals surface area contributed by atoms with Crippen molar-refractivity contribution in [3.05, 3.63) is 36.4 Å². The number of nitrogens with zero attached hydrogens (tertiary/aromatic N) is 6. The summed E-state index contributed by atoms with van der Waals surface area (Å²) in [6.45, 7) is 1.99. The van der Waals surface area contributed by atoms with Gasteiger partial charge >= 0.3 is 0 Å². The lowest BCUT2D eigenvalue weighted by Crippen LogP contribution is -2.28. The van der Waals surface area contributed by atoms with Gasteiger partial charge in [0, 0.05) is 24.8 Å². The maximum Gasteiger partial charge on any atom is 0.241 e. The molecule has 0 radical (unpaired) electrons. The molecule has 25 heavy (non-hydrogen) atoms. The lowest BCUT2D eigenvalue weighted by molar-refractivity contribution is 0.442. The molecule has 0 unspecified atom stereocenters. The highest BCUT2D eigenvalue weighted by Gasteiger charge is 2.18. The summed E-state index contributed by atoms with van der Waals surface area (Å²) in [5, 5.41) is 7.96. The van der Waals surface area contributed by atoms with Gasteiger partial charge in [-0.25, -0.2) is 19.5 Å². The van der Waals surface area contributed by atoms with E-state index >= 15 is 0 Å². The van der Waals surface area contributed by atoms with Gasteiger partial charge < -0.3 is 9.88 Å². The van der Waals surface area contributed by atoms with Gasteiger partial charge in [-0.05, 0) is 44.4 Å². The van der Waals surface area contributed by atoms with Crippen LogP contribution in [0.1, 0.15) is 25.1 Å². The van der Waals surface area contributed by atoms with Crippen LogP contribution in [0.2, 0.25) is 0 Å². The largest absolute Gasteiger partial charge is 0.350 e. The molecule has 1 aliphatic rings. The van der Waals surface area contributed by atoms with Gasteiger partial charge in [0.15, 0.2) is 5.65 Å². The first kappa shape index (κ1) is 14.4.